The van der Waals surface area contributed by atoms with Gasteiger partial charge in [0, 0.05) is 11.8 Å². The zero-order valence-electron chi connectivity index (χ0n) is 10.3. The minimum absolute atomic E-state index is 0.0252. The van der Waals surface area contributed by atoms with E-state index < -0.39 is 29.3 Å². The molecule has 0 atom stereocenters. The van der Waals surface area contributed by atoms with Gasteiger partial charge in [-0.05, 0) is 23.8 Å². The van der Waals surface area contributed by atoms with Crippen LogP contribution in [0.4, 0.5) is 32.2 Å². The van der Waals surface area contributed by atoms with Crippen LogP contribution in [0.3, 0.4) is 0 Å². The molecule has 2 aromatic rings. The molecule has 1 aromatic carbocycles. The van der Waals surface area contributed by atoms with Crippen molar-refractivity contribution in [3.05, 3.63) is 47.7 Å². The fourth-order valence-electron chi connectivity index (χ4n) is 1.74. The van der Waals surface area contributed by atoms with Crippen LogP contribution in [0.15, 0.2) is 36.5 Å². The Hall–Kier alpha value is -2.25. The first-order valence-corrected chi connectivity index (χ1v) is 5.59. The van der Waals surface area contributed by atoms with Gasteiger partial charge < -0.3 is 5.73 Å². The minimum Gasteiger partial charge on any atom is -0.383 e. The van der Waals surface area contributed by atoms with Gasteiger partial charge in [-0.25, -0.2) is 4.98 Å². The van der Waals surface area contributed by atoms with E-state index in [0.717, 1.165) is 24.4 Å². The first kappa shape index (κ1) is 15.1. The predicted octanol–water partition coefficient (Wildman–Crippen LogP) is 4.37. The van der Waals surface area contributed by atoms with Gasteiger partial charge in [0.05, 0.1) is 11.1 Å². The molecule has 112 valence electrons. The van der Waals surface area contributed by atoms with Gasteiger partial charge in [-0.15, -0.1) is 0 Å². The monoisotopic (exact) mass is 306 g/mol. The summed E-state index contributed by atoms with van der Waals surface area (Å²) in [5.41, 5.74) is 2.89. The number of aromatic nitrogens is 1. The van der Waals surface area contributed by atoms with Crippen molar-refractivity contribution in [3.63, 3.8) is 0 Å². The van der Waals surface area contributed by atoms with Gasteiger partial charge in [0.2, 0.25) is 0 Å². The summed E-state index contributed by atoms with van der Waals surface area (Å²) >= 11 is 0. The predicted molar refractivity (Wildman–Crippen MR) is 64.1 cm³/mol. The molecule has 0 aliphatic heterocycles. The first-order chi connectivity index (χ1) is 9.59. The molecule has 21 heavy (non-hydrogen) atoms. The number of anilines is 1. The SMILES string of the molecule is Nc1ncc(-c2cccc(C(F)(F)F)c2)cc1C(F)(F)F. The maximum atomic E-state index is 12.7. The molecule has 0 unspecified atom stereocenters. The molecule has 1 aromatic heterocycles. The second kappa shape index (κ2) is 4.94. The van der Waals surface area contributed by atoms with E-state index in [1.54, 1.807) is 0 Å². The van der Waals surface area contributed by atoms with Crippen LogP contribution in [0.1, 0.15) is 11.1 Å². The molecule has 0 aliphatic rings. The van der Waals surface area contributed by atoms with Crippen molar-refractivity contribution >= 4 is 5.82 Å². The molecule has 0 saturated carbocycles. The topological polar surface area (TPSA) is 38.9 Å². The van der Waals surface area contributed by atoms with Crippen molar-refractivity contribution in [1.29, 1.82) is 0 Å². The van der Waals surface area contributed by atoms with Crippen molar-refractivity contribution < 1.29 is 26.3 Å². The lowest BCUT2D eigenvalue weighted by Gasteiger charge is -2.12. The standard InChI is InChI=1S/C13H8F6N2/c14-12(15,16)9-3-1-2-7(4-9)8-5-10(13(17,18)19)11(20)21-6-8/h1-6H,(H2,20,21). The van der Waals surface area contributed by atoms with E-state index >= 15 is 0 Å². The van der Waals surface area contributed by atoms with Gasteiger partial charge in [0.25, 0.3) is 0 Å². The second-order valence-corrected chi connectivity index (χ2v) is 4.23. The van der Waals surface area contributed by atoms with Crippen LogP contribution in [-0.2, 0) is 12.4 Å². The van der Waals surface area contributed by atoms with E-state index in [9.17, 15) is 26.3 Å². The molecule has 0 spiro atoms. The Morgan fingerprint density at radius 1 is 0.857 bits per heavy atom. The molecular formula is C13H8F6N2. The van der Waals surface area contributed by atoms with E-state index in [1.807, 2.05) is 0 Å². The molecule has 2 N–H and O–H groups in total. The van der Waals surface area contributed by atoms with Gasteiger partial charge in [0.15, 0.2) is 0 Å². The van der Waals surface area contributed by atoms with Gasteiger partial charge in [-0.1, -0.05) is 12.1 Å². The highest BCUT2D eigenvalue weighted by molar-refractivity contribution is 5.66. The quantitative estimate of drug-likeness (QED) is 0.795. The van der Waals surface area contributed by atoms with Crippen LogP contribution in [-0.4, -0.2) is 4.98 Å². The summed E-state index contributed by atoms with van der Waals surface area (Å²) < 4.78 is 75.9. The number of alkyl halides is 6. The van der Waals surface area contributed by atoms with E-state index in [1.165, 1.54) is 6.07 Å². The lowest BCUT2D eigenvalue weighted by atomic mass is 10.0. The molecule has 2 rings (SSSR count). The average molecular weight is 306 g/mol. The number of benzene rings is 1. The van der Waals surface area contributed by atoms with Crippen LogP contribution in [0, 0.1) is 0 Å². The van der Waals surface area contributed by atoms with Crippen LogP contribution in [0.5, 0.6) is 0 Å². The van der Waals surface area contributed by atoms with Crippen molar-refractivity contribution in [3.8, 4) is 11.1 Å². The number of pyridine rings is 1. The Bertz CT molecular complexity index is 660. The van der Waals surface area contributed by atoms with Gasteiger partial charge in [-0.2, -0.15) is 26.3 Å². The highest BCUT2D eigenvalue weighted by atomic mass is 19.4. The molecular weight excluding hydrogens is 298 g/mol. The number of nitrogens with two attached hydrogens (primary N) is 1. The Morgan fingerprint density at radius 2 is 1.52 bits per heavy atom. The van der Waals surface area contributed by atoms with Crippen LogP contribution >= 0.6 is 0 Å². The summed E-state index contributed by atoms with van der Waals surface area (Å²) in [5.74, 6) is -0.724. The molecule has 0 radical (unpaired) electrons. The summed E-state index contributed by atoms with van der Waals surface area (Å²) in [5, 5.41) is 0. The third-order valence-corrected chi connectivity index (χ3v) is 2.75. The van der Waals surface area contributed by atoms with Crippen molar-refractivity contribution in [1.82, 2.24) is 4.98 Å². The lowest BCUT2D eigenvalue weighted by Crippen LogP contribution is -2.10. The Balaban J connectivity index is 2.53. The summed E-state index contributed by atoms with van der Waals surface area (Å²) in [6, 6.07) is 4.65. The number of nitrogen functional groups attached to an aromatic ring is 1. The molecule has 0 saturated heterocycles. The smallest absolute Gasteiger partial charge is 0.383 e. The van der Waals surface area contributed by atoms with E-state index in [2.05, 4.69) is 4.98 Å². The average Bonchev–Trinajstić information content (AvgIpc) is 2.37. The molecule has 2 nitrogen and oxygen atoms in total. The van der Waals surface area contributed by atoms with E-state index in [4.69, 9.17) is 5.73 Å². The largest absolute Gasteiger partial charge is 0.419 e. The van der Waals surface area contributed by atoms with Gasteiger partial charge in [0.1, 0.15) is 5.82 Å². The Morgan fingerprint density at radius 3 is 2.10 bits per heavy atom. The van der Waals surface area contributed by atoms with E-state index in [-0.39, 0.29) is 11.1 Å². The zero-order valence-corrected chi connectivity index (χ0v) is 10.3. The molecule has 0 fully saturated rings. The fourth-order valence-corrected chi connectivity index (χ4v) is 1.74. The number of rotatable bonds is 1. The molecule has 8 heteroatoms. The highest BCUT2D eigenvalue weighted by Gasteiger charge is 2.34. The van der Waals surface area contributed by atoms with Crippen LogP contribution in [0.2, 0.25) is 0 Å². The van der Waals surface area contributed by atoms with Crippen LogP contribution in [0.25, 0.3) is 11.1 Å². The third-order valence-electron chi connectivity index (χ3n) is 2.75. The summed E-state index contributed by atoms with van der Waals surface area (Å²) in [6.07, 6.45) is -8.31. The maximum absolute atomic E-state index is 12.7. The second-order valence-electron chi connectivity index (χ2n) is 4.23. The van der Waals surface area contributed by atoms with Crippen molar-refractivity contribution in [2.75, 3.05) is 5.73 Å². The lowest BCUT2D eigenvalue weighted by molar-refractivity contribution is -0.138. The van der Waals surface area contributed by atoms with Gasteiger partial charge >= 0.3 is 12.4 Å². The first-order valence-electron chi connectivity index (χ1n) is 5.59. The normalized spacial score (nSPS) is 12.5. The minimum atomic E-state index is -4.73. The zero-order chi connectivity index (χ0) is 15.8. The highest BCUT2D eigenvalue weighted by Crippen LogP contribution is 2.36. The summed E-state index contributed by atoms with van der Waals surface area (Å²) in [4.78, 5) is 3.39. The molecule has 0 aliphatic carbocycles. The maximum Gasteiger partial charge on any atom is 0.419 e. The number of nitrogens with zero attached hydrogens (tertiary/aromatic N) is 1. The third kappa shape index (κ3) is 3.26. The number of hydrogen-bond donors (Lipinski definition) is 1. The molecule has 0 amide bonds. The van der Waals surface area contributed by atoms with Crippen LogP contribution < -0.4 is 5.73 Å². The molecule has 1 heterocycles. The van der Waals surface area contributed by atoms with Gasteiger partial charge in [-0.3, -0.25) is 0 Å². The van der Waals surface area contributed by atoms with Crippen molar-refractivity contribution in [2.45, 2.75) is 12.4 Å². The Labute approximate surface area is 115 Å². The molecule has 0 bridgehead atoms. The summed E-state index contributed by atoms with van der Waals surface area (Å²) in [6.45, 7) is 0. The fraction of sp³-hybridized carbons (Fsp3) is 0.154. The Kier molecular flexibility index (Phi) is 3.56. The van der Waals surface area contributed by atoms with E-state index in [0.29, 0.717) is 6.07 Å². The number of halogens is 6. The van der Waals surface area contributed by atoms with Crippen molar-refractivity contribution in [2.24, 2.45) is 0 Å². The number of hydrogen-bond acceptors (Lipinski definition) is 2. The summed E-state index contributed by atoms with van der Waals surface area (Å²) in [7, 11) is 0.